The van der Waals surface area contributed by atoms with E-state index in [1.807, 2.05) is 0 Å². The van der Waals surface area contributed by atoms with Gasteiger partial charge in [0.05, 0.1) is 0 Å². The Morgan fingerprint density at radius 2 is 0.857 bits per heavy atom. The molecule has 0 amide bonds. The molecule has 0 N–H and O–H groups in total. The van der Waals surface area contributed by atoms with Gasteiger partial charge in [0.2, 0.25) is 0 Å². The van der Waals surface area contributed by atoms with Gasteiger partial charge in [-0.2, -0.15) is 0 Å². The second-order valence-electron chi connectivity index (χ2n) is 11.4. The highest BCUT2D eigenvalue weighted by Gasteiger charge is 2.25. The summed E-state index contributed by atoms with van der Waals surface area (Å²) in [7, 11) is 0. The minimum Gasteiger partial charge on any atom is -0.0622 e. The second-order valence-corrected chi connectivity index (χ2v) is 11.4. The van der Waals surface area contributed by atoms with Gasteiger partial charge >= 0.3 is 0 Å². The molecule has 1 aliphatic rings. The largest absolute Gasteiger partial charge is 0.0622 e. The maximum absolute atomic E-state index is 2.41. The van der Waals surface area contributed by atoms with Crippen molar-refractivity contribution in [3.05, 3.63) is 174 Å². The van der Waals surface area contributed by atoms with Crippen LogP contribution in [0.3, 0.4) is 0 Å². The standard InChI is InChI=1S/C42H30/c1-28-26-34-27-33(24-25-35(34)40(28)31-14-6-3-7-15-31)42-38-18-10-8-16-36(38)41(37-17-9-11-19-39(37)42)32-22-20-30(21-23-32)29-12-4-2-5-13-29/h2-27,40H,1H3. The Labute approximate surface area is 247 Å². The summed E-state index contributed by atoms with van der Waals surface area (Å²) < 4.78 is 0. The van der Waals surface area contributed by atoms with Crippen molar-refractivity contribution < 1.29 is 0 Å². The molecule has 0 aromatic heterocycles. The predicted octanol–water partition coefficient (Wildman–Crippen LogP) is 11.5. The summed E-state index contributed by atoms with van der Waals surface area (Å²) in [5.41, 5.74) is 13.1. The van der Waals surface area contributed by atoms with Crippen LogP contribution in [0.15, 0.2) is 157 Å². The summed E-state index contributed by atoms with van der Waals surface area (Å²) in [6, 6.07) is 55.5. The van der Waals surface area contributed by atoms with Crippen LogP contribution in [0.4, 0.5) is 0 Å². The third kappa shape index (κ3) is 3.99. The van der Waals surface area contributed by atoms with Crippen LogP contribution >= 0.6 is 0 Å². The molecule has 0 aliphatic heterocycles. The van der Waals surface area contributed by atoms with Gasteiger partial charge in [-0.3, -0.25) is 0 Å². The third-order valence-electron chi connectivity index (χ3n) is 8.87. The van der Waals surface area contributed by atoms with Gasteiger partial charge in [-0.1, -0.05) is 157 Å². The van der Waals surface area contributed by atoms with Crippen molar-refractivity contribution in [2.75, 3.05) is 0 Å². The SMILES string of the molecule is CC1=Cc2cc(-c3c4ccccc4c(-c4ccc(-c5ccccc5)cc4)c4ccccc34)ccc2C1c1ccccc1. The van der Waals surface area contributed by atoms with Crippen LogP contribution in [-0.4, -0.2) is 0 Å². The highest BCUT2D eigenvalue weighted by Crippen LogP contribution is 2.46. The maximum Gasteiger partial charge on any atom is 0.0305 e. The zero-order valence-corrected chi connectivity index (χ0v) is 23.6. The average molecular weight is 535 g/mol. The van der Waals surface area contributed by atoms with E-state index in [1.165, 1.54) is 77.2 Å². The number of fused-ring (bicyclic) bond motifs is 3. The molecule has 42 heavy (non-hydrogen) atoms. The molecular weight excluding hydrogens is 504 g/mol. The van der Waals surface area contributed by atoms with E-state index >= 15 is 0 Å². The molecule has 7 aromatic rings. The van der Waals surface area contributed by atoms with Gasteiger partial charge in [0.15, 0.2) is 0 Å². The van der Waals surface area contributed by atoms with Crippen LogP contribution < -0.4 is 0 Å². The summed E-state index contributed by atoms with van der Waals surface area (Å²) in [5.74, 6) is 0.324. The molecule has 0 bridgehead atoms. The van der Waals surface area contributed by atoms with Crippen molar-refractivity contribution in [3.63, 3.8) is 0 Å². The first-order valence-corrected chi connectivity index (χ1v) is 14.7. The van der Waals surface area contributed by atoms with Crippen LogP contribution in [0, 0.1) is 0 Å². The summed E-state index contributed by atoms with van der Waals surface area (Å²) in [4.78, 5) is 0. The predicted molar refractivity (Wildman–Crippen MR) is 180 cm³/mol. The molecule has 1 atom stereocenters. The fourth-order valence-corrected chi connectivity index (χ4v) is 6.99. The highest BCUT2D eigenvalue weighted by atomic mass is 14.3. The van der Waals surface area contributed by atoms with Crippen molar-refractivity contribution in [3.8, 4) is 33.4 Å². The Bertz CT molecular complexity index is 2060. The lowest BCUT2D eigenvalue weighted by Crippen LogP contribution is -1.99. The monoisotopic (exact) mass is 534 g/mol. The van der Waals surface area contributed by atoms with Crippen LogP contribution in [0.5, 0.6) is 0 Å². The summed E-state index contributed by atoms with van der Waals surface area (Å²) in [6.45, 7) is 2.26. The molecule has 0 saturated heterocycles. The van der Waals surface area contributed by atoms with Crippen molar-refractivity contribution in [1.82, 2.24) is 0 Å². The first-order valence-electron chi connectivity index (χ1n) is 14.7. The van der Waals surface area contributed by atoms with E-state index in [0.717, 1.165) is 0 Å². The molecule has 198 valence electrons. The molecule has 1 unspecified atom stereocenters. The summed E-state index contributed by atoms with van der Waals surface area (Å²) in [5, 5.41) is 5.15. The molecule has 0 fully saturated rings. The normalized spacial score (nSPS) is 14.2. The Hall–Kier alpha value is -5.20. The van der Waals surface area contributed by atoms with E-state index in [4.69, 9.17) is 0 Å². The number of allylic oxidation sites excluding steroid dienone is 1. The number of hydrogen-bond donors (Lipinski definition) is 0. The van der Waals surface area contributed by atoms with Crippen molar-refractivity contribution >= 4 is 27.6 Å². The summed E-state index contributed by atoms with van der Waals surface area (Å²) >= 11 is 0. The zero-order chi connectivity index (χ0) is 28.0. The van der Waals surface area contributed by atoms with Gasteiger partial charge in [0.1, 0.15) is 0 Å². The molecule has 7 aromatic carbocycles. The number of hydrogen-bond acceptors (Lipinski definition) is 0. The lowest BCUT2D eigenvalue weighted by Gasteiger charge is -2.19. The number of benzene rings is 7. The summed E-state index contributed by atoms with van der Waals surface area (Å²) in [6.07, 6.45) is 2.38. The van der Waals surface area contributed by atoms with Gasteiger partial charge < -0.3 is 0 Å². The molecule has 0 heterocycles. The number of rotatable bonds is 4. The Kier molecular flexibility index (Phi) is 5.86. The van der Waals surface area contributed by atoms with E-state index < -0.39 is 0 Å². The van der Waals surface area contributed by atoms with Crippen molar-refractivity contribution in [2.45, 2.75) is 12.8 Å². The average Bonchev–Trinajstić information content (AvgIpc) is 3.39. The Balaban J connectivity index is 1.32. The fraction of sp³-hybridized carbons (Fsp3) is 0.0476. The van der Waals surface area contributed by atoms with Gasteiger partial charge in [-0.05, 0) is 84.6 Å². The van der Waals surface area contributed by atoms with Crippen LogP contribution in [0.2, 0.25) is 0 Å². The van der Waals surface area contributed by atoms with Crippen molar-refractivity contribution in [2.24, 2.45) is 0 Å². The fourth-order valence-electron chi connectivity index (χ4n) is 6.99. The van der Waals surface area contributed by atoms with E-state index in [2.05, 4.69) is 165 Å². The molecule has 1 aliphatic carbocycles. The van der Waals surface area contributed by atoms with E-state index in [1.54, 1.807) is 0 Å². The molecule has 8 rings (SSSR count). The molecule has 0 saturated carbocycles. The van der Waals surface area contributed by atoms with E-state index in [0.29, 0.717) is 5.92 Å². The third-order valence-corrected chi connectivity index (χ3v) is 8.87. The van der Waals surface area contributed by atoms with Crippen LogP contribution in [0.25, 0.3) is 61.0 Å². The minimum atomic E-state index is 0.324. The van der Waals surface area contributed by atoms with Gasteiger partial charge in [-0.15, -0.1) is 0 Å². The lowest BCUT2D eigenvalue weighted by molar-refractivity contribution is 0.977. The molecule has 0 spiro atoms. The molecule has 0 heteroatoms. The highest BCUT2D eigenvalue weighted by molar-refractivity contribution is 6.21. The first-order chi connectivity index (χ1) is 20.8. The van der Waals surface area contributed by atoms with Gasteiger partial charge in [0, 0.05) is 5.92 Å². The van der Waals surface area contributed by atoms with Crippen LogP contribution in [-0.2, 0) is 0 Å². The quantitative estimate of drug-likeness (QED) is 0.197. The minimum absolute atomic E-state index is 0.324. The molecular formula is C42H30. The van der Waals surface area contributed by atoms with E-state index in [-0.39, 0.29) is 0 Å². The maximum atomic E-state index is 2.41. The van der Waals surface area contributed by atoms with E-state index in [9.17, 15) is 0 Å². The molecule has 0 radical (unpaired) electrons. The smallest absolute Gasteiger partial charge is 0.0305 e. The molecule has 0 nitrogen and oxygen atoms in total. The van der Waals surface area contributed by atoms with Crippen LogP contribution in [0.1, 0.15) is 29.5 Å². The Morgan fingerprint density at radius 1 is 0.405 bits per heavy atom. The van der Waals surface area contributed by atoms with Crippen molar-refractivity contribution in [1.29, 1.82) is 0 Å². The second kappa shape index (κ2) is 10.0. The lowest BCUT2D eigenvalue weighted by atomic mass is 9.84. The van der Waals surface area contributed by atoms with Gasteiger partial charge in [0.25, 0.3) is 0 Å². The van der Waals surface area contributed by atoms with Gasteiger partial charge in [-0.25, -0.2) is 0 Å². The topological polar surface area (TPSA) is 0 Å². The Morgan fingerprint density at radius 3 is 1.45 bits per heavy atom. The zero-order valence-electron chi connectivity index (χ0n) is 23.6. The first kappa shape index (κ1) is 24.6.